The first-order valence-corrected chi connectivity index (χ1v) is 5.27. The van der Waals surface area contributed by atoms with Crippen LogP contribution >= 0.6 is 0 Å². The zero-order valence-electron chi connectivity index (χ0n) is 9.24. The van der Waals surface area contributed by atoms with E-state index >= 15 is 0 Å². The molecule has 2 aromatic rings. The van der Waals surface area contributed by atoms with Gasteiger partial charge in [0.05, 0.1) is 6.07 Å². The van der Waals surface area contributed by atoms with Crippen molar-refractivity contribution in [3.63, 3.8) is 0 Å². The summed E-state index contributed by atoms with van der Waals surface area (Å²) in [5.74, 6) is 0.527. The van der Waals surface area contributed by atoms with Crippen LogP contribution in [-0.2, 0) is 13.0 Å². The van der Waals surface area contributed by atoms with Crippen molar-refractivity contribution in [2.24, 2.45) is 5.73 Å². The van der Waals surface area contributed by atoms with Crippen LogP contribution in [-0.4, -0.2) is 26.8 Å². The lowest BCUT2D eigenvalue weighted by Crippen LogP contribution is -2.02. The first-order chi connectivity index (χ1) is 8.33. The molecule has 0 bridgehead atoms. The Balaban J connectivity index is 2.18. The van der Waals surface area contributed by atoms with Gasteiger partial charge in [0.1, 0.15) is 6.54 Å². The molecule has 17 heavy (non-hydrogen) atoms. The molecule has 0 aliphatic heterocycles. The maximum absolute atomic E-state index is 8.50. The van der Waals surface area contributed by atoms with Gasteiger partial charge in [-0.15, -0.1) is 15.0 Å². The van der Waals surface area contributed by atoms with E-state index in [9.17, 15) is 0 Å². The molecule has 1 heterocycles. The van der Waals surface area contributed by atoms with E-state index in [0.29, 0.717) is 12.4 Å². The molecule has 0 radical (unpaired) electrons. The molecule has 0 aliphatic rings. The molecular weight excluding hydrogens is 216 g/mol. The van der Waals surface area contributed by atoms with Gasteiger partial charge in [-0.1, -0.05) is 24.3 Å². The Morgan fingerprint density at radius 2 is 2.06 bits per heavy atom. The predicted octanol–water partition coefficient (Wildman–Crippen LogP) is 0.365. The molecular formula is C11H12N6. The van der Waals surface area contributed by atoms with Crippen LogP contribution in [0.15, 0.2) is 24.3 Å². The average molecular weight is 228 g/mol. The zero-order valence-corrected chi connectivity index (χ0v) is 9.24. The Bertz CT molecular complexity index is 522. The van der Waals surface area contributed by atoms with E-state index < -0.39 is 0 Å². The Morgan fingerprint density at radius 3 is 2.71 bits per heavy atom. The van der Waals surface area contributed by atoms with Gasteiger partial charge in [0.25, 0.3) is 0 Å². The number of nitrogens with zero attached hydrogens (tertiary/aromatic N) is 5. The first-order valence-electron chi connectivity index (χ1n) is 5.27. The molecule has 0 amide bonds. The predicted molar refractivity (Wildman–Crippen MR) is 61.6 cm³/mol. The van der Waals surface area contributed by atoms with Crippen LogP contribution in [0.25, 0.3) is 11.4 Å². The van der Waals surface area contributed by atoms with Crippen LogP contribution in [0.5, 0.6) is 0 Å². The Labute approximate surface area is 98.7 Å². The third kappa shape index (κ3) is 2.65. The molecule has 6 heteroatoms. The summed E-state index contributed by atoms with van der Waals surface area (Å²) in [5, 5.41) is 20.3. The van der Waals surface area contributed by atoms with Crippen molar-refractivity contribution in [2.75, 3.05) is 6.54 Å². The molecule has 1 aromatic heterocycles. The van der Waals surface area contributed by atoms with Crippen molar-refractivity contribution in [2.45, 2.75) is 13.0 Å². The molecule has 86 valence electrons. The molecule has 0 saturated heterocycles. The number of rotatable bonds is 4. The minimum absolute atomic E-state index is 0.109. The first kappa shape index (κ1) is 11.2. The van der Waals surface area contributed by atoms with Gasteiger partial charge in [-0.05, 0) is 23.7 Å². The summed E-state index contributed by atoms with van der Waals surface area (Å²) in [7, 11) is 0. The minimum atomic E-state index is 0.109. The van der Waals surface area contributed by atoms with Gasteiger partial charge in [0.15, 0.2) is 0 Å². The Morgan fingerprint density at radius 1 is 1.29 bits per heavy atom. The van der Waals surface area contributed by atoms with Crippen molar-refractivity contribution in [1.82, 2.24) is 20.2 Å². The van der Waals surface area contributed by atoms with E-state index in [-0.39, 0.29) is 6.54 Å². The van der Waals surface area contributed by atoms with E-state index in [2.05, 4.69) is 15.4 Å². The van der Waals surface area contributed by atoms with Gasteiger partial charge < -0.3 is 5.73 Å². The molecule has 6 nitrogen and oxygen atoms in total. The van der Waals surface area contributed by atoms with Gasteiger partial charge in [-0.25, -0.2) is 0 Å². The van der Waals surface area contributed by atoms with Crippen LogP contribution < -0.4 is 5.73 Å². The quantitative estimate of drug-likeness (QED) is 0.815. The van der Waals surface area contributed by atoms with E-state index in [1.54, 1.807) is 0 Å². The van der Waals surface area contributed by atoms with Gasteiger partial charge in [0.2, 0.25) is 5.82 Å². The minimum Gasteiger partial charge on any atom is -0.330 e. The fourth-order valence-electron chi connectivity index (χ4n) is 1.48. The summed E-state index contributed by atoms with van der Waals surface area (Å²) < 4.78 is 0. The van der Waals surface area contributed by atoms with Gasteiger partial charge in [-0.3, -0.25) is 0 Å². The highest BCUT2D eigenvalue weighted by Gasteiger charge is 2.05. The maximum Gasteiger partial charge on any atom is 0.204 e. The van der Waals surface area contributed by atoms with Crippen LogP contribution in [0.2, 0.25) is 0 Å². The lowest BCUT2D eigenvalue weighted by Gasteiger charge is -1.99. The Hall–Kier alpha value is -2.26. The van der Waals surface area contributed by atoms with Crippen molar-refractivity contribution < 1.29 is 0 Å². The molecule has 2 N–H and O–H groups in total. The summed E-state index contributed by atoms with van der Waals surface area (Å²) in [4.78, 5) is 1.27. The third-order valence-electron chi connectivity index (χ3n) is 2.31. The topological polar surface area (TPSA) is 93.4 Å². The van der Waals surface area contributed by atoms with Crippen molar-refractivity contribution in [3.05, 3.63) is 29.8 Å². The van der Waals surface area contributed by atoms with Crippen LogP contribution in [0.3, 0.4) is 0 Å². The smallest absolute Gasteiger partial charge is 0.204 e. The number of nitrogens with two attached hydrogens (primary N) is 1. The number of tetrazole rings is 1. The molecule has 2 rings (SSSR count). The second-order valence-electron chi connectivity index (χ2n) is 3.54. The monoisotopic (exact) mass is 228 g/mol. The van der Waals surface area contributed by atoms with Gasteiger partial charge >= 0.3 is 0 Å². The summed E-state index contributed by atoms with van der Waals surface area (Å²) in [6.07, 6.45) is 0.856. The van der Waals surface area contributed by atoms with Crippen molar-refractivity contribution in [1.29, 1.82) is 5.26 Å². The number of nitriles is 1. The molecule has 0 atom stereocenters. The third-order valence-corrected chi connectivity index (χ3v) is 2.31. The lowest BCUT2D eigenvalue weighted by molar-refractivity contribution is 0.589. The van der Waals surface area contributed by atoms with Crippen molar-refractivity contribution >= 4 is 0 Å². The standard InChI is InChI=1S/C11H12N6/c12-6-5-9-1-3-10(4-2-9)11-14-16-17(15-11)8-7-13/h1-4H,5-6,8,12H2. The second kappa shape index (κ2) is 5.18. The lowest BCUT2D eigenvalue weighted by atomic mass is 10.1. The average Bonchev–Trinajstić information content (AvgIpc) is 2.80. The maximum atomic E-state index is 8.50. The zero-order chi connectivity index (χ0) is 12.1. The normalized spacial score (nSPS) is 10.1. The highest BCUT2D eigenvalue weighted by atomic mass is 15.6. The second-order valence-corrected chi connectivity index (χ2v) is 3.54. The molecule has 0 saturated carbocycles. The highest BCUT2D eigenvalue weighted by molar-refractivity contribution is 5.54. The van der Waals surface area contributed by atoms with E-state index in [4.69, 9.17) is 11.0 Å². The summed E-state index contributed by atoms with van der Waals surface area (Å²) in [5.41, 5.74) is 7.54. The molecule has 0 aliphatic carbocycles. The molecule has 0 spiro atoms. The van der Waals surface area contributed by atoms with Crippen LogP contribution in [0.4, 0.5) is 0 Å². The number of aromatic nitrogens is 4. The van der Waals surface area contributed by atoms with Crippen LogP contribution in [0, 0.1) is 11.3 Å². The molecule has 0 fully saturated rings. The van der Waals surface area contributed by atoms with Crippen molar-refractivity contribution in [3.8, 4) is 17.5 Å². The SMILES string of the molecule is N#CCn1nnc(-c2ccc(CCN)cc2)n1. The van der Waals surface area contributed by atoms with Crippen LogP contribution in [0.1, 0.15) is 5.56 Å². The molecule has 1 aromatic carbocycles. The van der Waals surface area contributed by atoms with E-state index in [1.807, 2.05) is 30.3 Å². The number of hydrogen-bond acceptors (Lipinski definition) is 5. The summed E-state index contributed by atoms with van der Waals surface area (Å²) >= 11 is 0. The Kier molecular flexibility index (Phi) is 3.43. The van der Waals surface area contributed by atoms with E-state index in [0.717, 1.165) is 12.0 Å². The molecule has 0 unspecified atom stereocenters. The fraction of sp³-hybridized carbons (Fsp3) is 0.273. The largest absolute Gasteiger partial charge is 0.330 e. The van der Waals surface area contributed by atoms with E-state index in [1.165, 1.54) is 10.4 Å². The fourth-order valence-corrected chi connectivity index (χ4v) is 1.48. The van der Waals surface area contributed by atoms with Gasteiger partial charge in [-0.2, -0.15) is 5.26 Å². The number of benzene rings is 1. The number of hydrogen-bond donors (Lipinski definition) is 1. The highest BCUT2D eigenvalue weighted by Crippen LogP contribution is 2.14. The summed E-state index contributed by atoms with van der Waals surface area (Å²) in [6.45, 7) is 0.744. The summed E-state index contributed by atoms with van der Waals surface area (Å²) in [6, 6.07) is 9.80. The van der Waals surface area contributed by atoms with Gasteiger partial charge in [0, 0.05) is 5.56 Å².